The minimum atomic E-state index is -0.628. The van der Waals surface area contributed by atoms with Gasteiger partial charge < -0.3 is 9.53 Å². The second kappa shape index (κ2) is 6.15. The Bertz CT molecular complexity index is 265. The van der Waals surface area contributed by atoms with Gasteiger partial charge in [-0.2, -0.15) is 0 Å². The molecule has 0 bridgehead atoms. The number of rotatable bonds is 6. The third-order valence-corrected chi connectivity index (χ3v) is 3.66. The lowest BCUT2D eigenvalue weighted by Gasteiger charge is -2.49. The van der Waals surface area contributed by atoms with Crippen molar-refractivity contribution in [2.45, 2.75) is 70.7 Å². The summed E-state index contributed by atoms with van der Waals surface area (Å²) < 4.78 is 5.21. The highest BCUT2D eigenvalue weighted by atomic mass is 16.6. The maximum absolute atomic E-state index is 10.8. The Hall–Kier alpha value is -0.900. The molecule has 2 unspecified atom stereocenters. The lowest BCUT2D eigenvalue weighted by molar-refractivity contribution is -0.180. The lowest BCUT2D eigenvalue weighted by atomic mass is 9.90. The maximum atomic E-state index is 10.8. The van der Waals surface area contributed by atoms with E-state index < -0.39 is 5.72 Å². The second-order valence-corrected chi connectivity index (χ2v) is 5.12. The molecule has 2 atom stereocenters. The Kier molecular flexibility index (Phi) is 5.12. The summed E-state index contributed by atoms with van der Waals surface area (Å²) in [5, 5.41) is 0. The number of aldehydes is 1. The first-order chi connectivity index (χ1) is 8.06. The summed E-state index contributed by atoms with van der Waals surface area (Å²) in [7, 11) is 0. The van der Waals surface area contributed by atoms with Crippen LogP contribution in [0.25, 0.3) is 0 Å². The van der Waals surface area contributed by atoms with E-state index in [0.717, 1.165) is 32.0 Å². The average Bonchev–Trinajstić information content (AvgIpc) is 2.28. The molecule has 1 rings (SSSR count). The van der Waals surface area contributed by atoms with Crippen molar-refractivity contribution in [3.63, 3.8) is 0 Å². The molecular formula is C13H23NO3. The molecule has 17 heavy (non-hydrogen) atoms. The van der Waals surface area contributed by atoms with Crippen LogP contribution in [0.4, 0.5) is 0 Å². The molecule has 0 amide bonds. The van der Waals surface area contributed by atoms with E-state index in [1.807, 2.05) is 13.8 Å². The van der Waals surface area contributed by atoms with Gasteiger partial charge in [0.1, 0.15) is 6.29 Å². The molecule has 0 aromatic carbocycles. The molecule has 1 fully saturated rings. The van der Waals surface area contributed by atoms with Gasteiger partial charge >= 0.3 is 0 Å². The van der Waals surface area contributed by atoms with Crippen LogP contribution in [0, 0.1) is 0 Å². The number of nitrogens with zero attached hydrogens (tertiary/aromatic N) is 1. The number of carbonyl (C=O) groups is 2. The van der Waals surface area contributed by atoms with Crippen LogP contribution >= 0.6 is 0 Å². The van der Waals surface area contributed by atoms with Gasteiger partial charge in [-0.1, -0.05) is 13.3 Å². The van der Waals surface area contributed by atoms with Gasteiger partial charge in [-0.3, -0.25) is 9.69 Å². The minimum absolute atomic E-state index is 0.196. The van der Waals surface area contributed by atoms with Crippen molar-refractivity contribution in [1.29, 1.82) is 0 Å². The molecule has 1 heterocycles. The van der Waals surface area contributed by atoms with Crippen LogP contribution in [-0.2, 0) is 14.3 Å². The number of hydrogen-bond acceptors (Lipinski definition) is 4. The van der Waals surface area contributed by atoms with E-state index >= 15 is 0 Å². The van der Waals surface area contributed by atoms with Gasteiger partial charge in [0.2, 0.25) is 0 Å². The number of likely N-dealkylation sites (tertiary alicyclic amines) is 1. The first kappa shape index (κ1) is 14.2. The zero-order valence-electron chi connectivity index (χ0n) is 11.0. The number of carbonyl (C=O) groups excluding carboxylic acids is 2. The predicted molar refractivity (Wildman–Crippen MR) is 65.5 cm³/mol. The summed E-state index contributed by atoms with van der Waals surface area (Å²) in [5.74, 6) is 0. The van der Waals surface area contributed by atoms with Crippen molar-refractivity contribution in [3.8, 4) is 0 Å². The molecule has 1 saturated heterocycles. The largest absolute Gasteiger partial charge is 0.446 e. The minimum Gasteiger partial charge on any atom is -0.446 e. The quantitative estimate of drug-likeness (QED) is 0.668. The maximum Gasteiger partial charge on any atom is 0.294 e. The van der Waals surface area contributed by atoms with Crippen LogP contribution in [0.2, 0.25) is 0 Å². The van der Waals surface area contributed by atoms with Crippen molar-refractivity contribution >= 4 is 12.8 Å². The van der Waals surface area contributed by atoms with Crippen molar-refractivity contribution in [1.82, 2.24) is 4.90 Å². The van der Waals surface area contributed by atoms with E-state index in [9.17, 15) is 9.59 Å². The van der Waals surface area contributed by atoms with Gasteiger partial charge in [-0.25, -0.2) is 0 Å². The van der Waals surface area contributed by atoms with Crippen LogP contribution in [-0.4, -0.2) is 35.5 Å². The van der Waals surface area contributed by atoms with Crippen LogP contribution in [0.15, 0.2) is 0 Å². The number of ether oxygens (including phenoxy) is 1. The van der Waals surface area contributed by atoms with Crippen LogP contribution < -0.4 is 0 Å². The van der Waals surface area contributed by atoms with E-state index in [2.05, 4.69) is 11.8 Å². The molecule has 0 aromatic heterocycles. The average molecular weight is 241 g/mol. The molecular weight excluding hydrogens is 218 g/mol. The molecule has 0 N–H and O–H groups in total. The van der Waals surface area contributed by atoms with E-state index in [4.69, 9.17) is 4.74 Å². The third kappa shape index (κ3) is 3.28. The molecule has 0 spiro atoms. The normalized spacial score (nSPS) is 26.5. The fourth-order valence-corrected chi connectivity index (χ4v) is 2.97. The van der Waals surface area contributed by atoms with Gasteiger partial charge in [0.15, 0.2) is 5.72 Å². The third-order valence-electron chi connectivity index (χ3n) is 3.66. The Labute approximate surface area is 103 Å². The molecule has 1 aliphatic rings. The highest BCUT2D eigenvalue weighted by molar-refractivity contribution is 5.50. The Morgan fingerprint density at radius 2 is 1.94 bits per heavy atom. The Morgan fingerprint density at radius 3 is 2.47 bits per heavy atom. The zero-order valence-corrected chi connectivity index (χ0v) is 11.0. The monoisotopic (exact) mass is 241 g/mol. The van der Waals surface area contributed by atoms with E-state index in [1.54, 1.807) is 0 Å². The SMILES string of the molecule is CCC1CCCC(CC=O)N1C(C)(C)OC=O. The van der Waals surface area contributed by atoms with Gasteiger partial charge in [0, 0.05) is 18.5 Å². The van der Waals surface area contributed by atoms with E-state index in [0.29, 0.717) is 18.9 Å². The topological polar surface area (TPSA) is 46.6 Å². The predicted octanol–water partition coefficient (Wildman–Crippen LogP) is 2.12. The molecule has 0 saturated carbocycles. The highest BCUT2D eigenvalue weighted by Gasteiger charge is 2.40. The lowest BCUT2D eigenvalue weighted by Crippen LogP contribution is -2.58. The second-order valence-electron chi connectivity index (χ2n) is 5.12. The molecule has 1 aliphatic heterocycles. The van der Waals surface area contributed by atoms with Crippen LogP contribution in [0.5, 0.6) is 0 Å². The Morgan fingerprint density at radius 1 is 1.29 bits per heavy atom. The van der Waals surface area contributed by atoms with Crippen molar-refractivity contribution in [2.24, 2.45) is 0 Å². The van der Waals surface area contributed by atoms with Gasteiger partial charge in [-0.15, -0.1) is 0 Å². The fraction of sp³-hybridized carbons (Fsp3) is 0.846. The highest BCUT2D eigenvalue weighted by Crippen LogP contribution is 2.33. The summed E-state index contributed by atoms with van der Waals surface area (Å²) in [6.45, 7) is 6.43. The first-order valence-corrected chi connectivity index (χ1v) is 6.40. The summed E-state index contributed by atoms with van der Waals surface area (Å²) in [5.41, 5.74) is -0.628. The summed E-state index contributed by atoms with van der Waals surface area (Å²) in [6, 6.07) is 0.588. The van der Waals surface area contributed by atoms with E-state index in [1.165, 1.54) is 0 Å². The van der Waals surface area contributed by atoms with Gasteiger partial charge in [0.05, 0.1) is 0 Å². The number of piperidine rings is 1. The standard InChI is InChI=1S/C13H23NO3/c1-4-11-6-5-7-12(8-9-15)14(11)13(2,3)17-10-16/h9-12H,4-8H2,1-3H3. The van der Waals surface area contributed by atoms with Crippen molar-refractivity contribution in [2.75, 3.05) is 0 Å². The Balaban J connectivity index is 2.89. The molecule has 4 heteroatoms. The van der Waals surface area contributed by atoms with Crippen LogP contribution in [0.1, 0.15) is 52.9 Å². The van der Waals surface area contributed by atoms with Gasteiger partial charge in [0.25, 0.3) is 6.47 Å². The molecule has 0 aliphatic carbocycles. The van der Waals surface area contributed by atoms with Crippen LogP contribution in [0.3, 0.4) is 0 Å². The first-order valence-electron chi connectivity index (χ1n) is 6.40. The smallest absolute Gasteiger partial charge is 0.294 e. The molecule has 98 valence electrons. The zero-order chi connectivity index (χ0) is 12.9. The van der Waals surface area contributed by atoms with Crippen molar-refractivity contribution < 1.29 is 14.3 Å². The van der Waals surface area contributed by atoms with E-state index in [-0.39, 0.29) is 6.04 Å². The number of hydrogen-bond donors (Lipinski definition) is 0. The molecule has 4 nitrogen and oxygen atoms in total. The summed E-state index contributed by atoms with van der Waals surface area (Å²) in [6.07, 6.45) is 5.75. The fourth-order valence-electron chi connectivity index (χ4n) is 2.97. The van der Waals surface area contributed by atoms with Crippen molar-refractivity contribution in [3.05, 3.63) is 0 Å². The molecule has 0 radical (unpaired) electrons. The summed E-state index contributed by atoms with van der Waals surface area (Å²) in [4.78, 5) is 23.6. The van der Waals surface area contributed by atoms with Gasteiger partial charge in [-0.05, 0) is 33.1 Å². The summed E-state index contributed by atoms with van der Waals surface area (Å²) >= 11 is 0. The molecule has 0 aromatic rings.